The molecule has 1 heterocycles. The Balaban J connectivity index is 2.81. The molecular weight excluding hydrogens is 192 g/mol. The summed E-state index contributed by atoms with van der Waals surface area (Å²) in [6.07, 6.45) is 0.921. The van der Waals surface area contributed by atoms with Crippen molar-refractivity contribution in [1.29, 1.82) is 0 Å². The van der Waals surface area contributed by atoms with E-state index in [1.54, 1.807) is 7.11 Å². The van der Waals surface area contributed by atoms with E-state index in [0.29, 0.717) is 18.2 Å². The number of hydrogen-bond donors (Lipinski definition) is 2. The highest BCUT2D eigenvalue weighted by atomic mass is 16.5. The number of nitrogens with zero attached hydrogens (tertiary/aromatic N) is 2. The quantitative estimate of drug-likeness (QED) is 0.705. The van der Waals surface area contributed by atoms with Gasteiger partial charge < -0.3 is 15.8 Å². The zero-order valence-corrected chi connectivity index (χ0v) is 9.50. The summed E-state index contributed by atoms with van der Waals surface area (Å²) < 4.78 is 5.16. The Morgan fingerprint density at radius 2 is 2.07 bits per heavy atom. The number of hydrogen-bond acceptors (Lipinski definition) is 5. The maximum absolute atomic E-state index is 5.42. The molecule has 15 heavy (non-hydrogen) atoms. The van der Waals surface area contributed by atoms with Crippen molar-refractivity contribution in [1.82, 2.24) is 9.97 Å². The molecule has 0 unspecified atom stereocenters. The molecule has 0 amide bonds. The number of aryl methyl sites for hydroxylation is 1. The first-order valence-electron chi connectivity index (χ1n) is 5.02. The van der Waals surface area contributed by atoms with Gasteiger partial charge in [0.25, 0.3) is 0 Å². The minimum absolute atomic E-state index is 0.623. The third kappa shape index (κ3) is 3.06. The van der Waals surface area contributed by atoms with Crippen LogP contribution in [-0.2, 0) is 0 Å². The Morgan fingerprint density at radius 1 is 1.33 bits per heavy atom. The second-order valence-corrected chi connectivity index (χ2v) is 3.32. The van der Waals surface area contributed by atoms with E-state index in [4.69, 9.17) is 10.5 Å². The monoisotopic (exact) mass is 210 g/mol. The van der Waals surface area contributed by atoms with E-state index in [9.17, 15) is 0 Å². The molecule has 0 bridgehead atoms. The smallest absolute Gasteiger partial charge is 0.221 e. The number of ether oxygens (including phenoxy) is 1. The zero-order chi connectivity index (χ0) is 11.3. The lowest BCUT2D eigenvalue weighted by Crippen LogP contribution is -2.11. The summed E-state index contributed by atoms with van der Waals surface area (Å²) in [4.78, 5) is 8.49. The molecule has 0 aliphatic heterocycles. The van der Waals surface area contributed by atoms with Crippen LogP contribution < -0.4 is 15.8 Å². The third-order valence-electron chi connectivity index (χ3n) is 2.08. The van der Waals surface area contributed by atoms with Crippen LogP contribution in [0, 0.1) is 13.8 Å². The van der Waals surface area contributed by atoms with Gasteiger partial charge in [-0.05, 0) is 26.8 Å². The molecule has 84 valence electrons. The standard InChI is InChI=1S/C10H18N4O/c1-7-9(12-6-4-5-11)13-8(2)14-10(7)15-3/h4-6,11H2,1-3H3,(H,12,13,14). The molecule has 5 nitrogen and oxygen atoms in total. The maximum Gasteiger partial charge on any atom is 0.221 e. The van der Waals surface area contributed by atoms with Gasteiger partial charge in [0.2, 0.25) is 5.88 Å². The number of nitrogens with one attached hydrogen (secondary N) is 1. The first-order chi connectivity index (χ1) is 7.19. The van der Waals surface area contributed by atoms with Crippen molar-refractivity contribution in [2.75, 3.05) is 25.5 Å². The van der Waals surface area contributed by atoms with Crippen LogP contribution in [0.2, 0.25) is 0 Å². The summed E-state index contributed by atoms with van der Waals surface area (Å²) in [5.74, 6) is 2.15. The molecule has 1 aromatic heterocycles. The summed E-state index contributed by atoms with van der Waals surface area (Å²) in [6, 6.07) is 0. The Bertz CT molecular complexity index is 327. The number of methoxy groups -OCH3 is 1. The number of rotatable bonds is 5. The average Bonchev–Trinajstić information content (AvgIpc) is 2.23. The molecule has 0 atom stereocenters. The van der Waals surface area contributed by atoms with E-state index in [1.807, 2.05) is 13.8 Å². The summed E-state index contributed by atoms with van der Waals surface area (Å²) >= 11 is 0. The number of aromatic nitrogens is 2. The zero-order valence-electron chi connectivity index (χ0n) is 9.50. The Kier molecular flexibility index (Phi) is 4.30. The molecule has 0 aliphatic rings. The van der Waals surface area contributed by atoms with Gasteiger partial charge in [-0.15, -0.1) is 0 Å². The minimum atomic E-state index is 0.623. The third-order valence-corrected chi connectivity index (χ3v) is 2.08. The van der Waals surface area contributed by atoms with Crippen LogP contribution in [0.25, 0.3) is 0 Å². The second-order valence-electron chi connectivity index (χ2n) is 3.32. The normalized spacial score (nSPS) is 10.1. The molecule has 1 aromatic rings. The van der Waals surface area contributed by atoms with Crippen molar-refractivity contribution >= 4 is 5.82 Å². The molecule has 0 aromatic carbocycles. The second kappa shape index (κ2) is 5.50. The van der Waals surface area contributed by atoms with Crippen molar-refractivity contribution < 1.29 is 4.74 Å². The number of anilines is 1. The highest BCUT2D eigenvalue weighted by Gasteiger charge is 2.08. The molecule has 0 saturated heterocycles. The summed E-state index contributed by atoms with van der Waals surface area (Å²) in [6.45, 7) is 5.27. The van der Waals surface area contributed by atoms with Gasteiger partial charge in [0, 0.05) is 6.54 Å². The van der Waals surface area contributed by atoms with Crippen molar-refractivity contribution in [3.05, 3.63) is 11.4 Å². The van der Waals surface area contributed by atoms with Gasteiger partial charge in [-0.25, -0.2) is 4.98 Å². The van der Waals surface area contributed by atoms with Crippen LogP contribution in [0.4, 0.5) is 5.82 Å². The topological polar surface area (TPSA) is 73.1 Å². The molecule has 5 heteroatoms. The van der Waals surface area contributed by atoms with Crippen molar-refractivity contribution in [2.24, 2.45) is 5.73 Å². The fourth-order valence-electron chi connectivity index (χ4n) is 1.28. The summed E-state index contributed by atoms with van der Waals surface area (Å²) in [5.41, 5.74) is 6.35. The van der Waals surface area contributed by atoms with E-state index in [0.717, 1.165) is 24.3 Å². The Labute approximate surface area is 90.1 Å². The van der Waals surface area contributed by atoms with Crippen LogP contribution in [0.1, 0.15) is 17.8 Å². The largest absolute Gasteiger partial charge is 0.481 e. The van der Waals surface area contributed by atoms with E-state index >= 15 is 0 Å². The molecular formula is C10H18N4O. The molecule has 1 rings (SSSR count). The minimum Gasteiger partial charge on any atom is -0.481 e. The Hall–Kier alpha value is -1.36. The lowest BCUT2D eigenvalue weighted by molar-refractivity contribution is 0.392. The van der Waals surface area contributed by atoms with Gasteiger partial charge in [0.15, 0.2) is 0 Å². The van der Waals surface area contributed by atoms with Gasteiger partial charge in [0.1, 0.15) is 11.6 Å². The Morgan fingerprint density at radius 3 is 2.67 bits per heavy atom. The highest BCUT2D eigenvalue weighted by molar-refractivity contribution is 5.48. The molecule has 0 fully saturated rings. The summed E-state index contributed by atoms with van der Waals surface area (Å²) in [5, 5.41) is 3.22. The van der Waals surface area contributed by atoms with Gasteiger partial charge in [-0.3, -0.25) is 0 Å². The lowest BCUT2D eigenvalue weighted by Gasteiger charge is -2.11. The SMILES string of the molecule is COc1nc(C)nc(NCCCN)c1C. The average molecular weight is 210 g/mol. The van der Waals surface area contributed by atoms with Gasteiger partial charge in [-0.2, -0.15) is 4.98 Å². The van der Waals surface area contributed by atoms with Crippen molar-refractivity contribution in [2.45, 2.75) is 20.3 Å². The number of nitrogens with two attached hydrogens (primary N) is 1. The summed E-state index contributed by atoms with van der Waals surface area (Å²) in [7, 11) is 1.61. The molecule has 3 N–H and O–H groups in total. The molecule has 0 radical (unpaired) electrons. The fourth-order valence-corrected chi connectivity index (χ4v) is 1.28. The highest BCUT2D eigenvalue weighted by Crippen LogP contribution is 2.21. The molecule has 0 saturated carbocycles. The predicted octanol–water partition coefficient (Wildman–Crippen LogP) is 0.863. The first kappa shape index (κ1) is 11.7. The van der Waals surface area contributed by atoms with E-state index < -0.39 is 0 Å². The van der Waals surface area contributed by atoms with E-state index in [1.165, 1.54) is 0 Å². The van der Waals surface area contributed by atoms with Gasteiger partial charge >= 0.3 is 0 Å². The van der Waals surface area contributed by atoms with Gasteiger partial charge in [0.05, 0.1) is 12.7 Å². The van der Waals surface area contributed by atoms with Gasteiger partial charge in [-0.1, -0.05) is 0 Å². The molecule has 0 spiro atoms. The first-order valence-corrected chi connectivity index (χ1v) is 5.02. The van der Waals surface area contributed by atoms with Crippen LogP contribution in [0.5, 0.6) is 5.88 Å². The fraction of sp³-hybridized carbons (Fsp3) is 0.600. The van der Waals surface area contributed by atoms with E-state index in [2.05, 4.69) is 15.3 Å². The van der Waals surface area contributed by atoms with Crippen LogP contribution >= 0.6 is 0 Å². The predicted molar refractivity (Wildman–Crippen MR) is 60.2 cm³/mol. The van der Waals surface area contributed by atoms with Crippen LogP contribution in [0.15, 0.2) is 0 Å². The van der Waals surface area contributed by atoms with Crippen LogP contribution in [-0.4, -0.2) is 30.2 Å². The lowest BCUT2D eigenvalue weighted by atomic mass is 10.3. The maximum atomic E-state index is 5.42. The van der Waals surface area contributed by atoms with Crippen molar-refractivity contribution in [3.63, 3.8) is 0 Å². The van der Waals surface area contributed by atoms with E-state index in [-0.39, 0.29) is 0 Å². The van der Waals surface area contributed by atoms with Crippen molar-refractivity contribution in [3.8, 4) is 5.88 Å². The molecule has 0 aliphatic carbocycles. The van der Waals surface area contributed by atoms with Crippen LogP contribution in [0.3, 0.4) is 0 Å².